The second kappa shape index (κ2) is 5.48. The monoisotopic (exact) mass is 226 g/mol. The molecule has 1 saturated carbocycles. The van der Waals surface area contributed by atoms with Crippen LogP contribution in [-0.2, 0) is 0 Å². The van der Waals surface area contributed by atoms with Gasteiger partial charge in [-0.3, -0.25) is 0 Å². The van der Waals surface area contributed by atoms with Gasteiger partial charge in [0.1, 0.15) is 0 Å². The van der Waals surface area contributed by atoms with E-state index in [1.807, 2.05) is 0 Å². The van der Waals surface area contributed by atoms with E-state index in [0.29, 0.717) is 12.0 Å². The van der Waals surface area contributed by atoms with Crippen LogP contribution in [0.5, 0.6) is 0 Å². The van der Waals surface area contributed by atoms with Crippen LogP contribution in [-0.4, -0.2) is 48.8 Å². The first-order valence-electron chi connectivity index (χ1n) is 6.84. The summed E-state index contributed by atoms with van der Waals surface area (Å²) in [5, 5.41) is 12.7. The number of nitrogens with one attached hydrogen (secondary N) is 1. The maximum atomic E-state index is 9.01. The predicted molar refractivity (Wildman–Crippen MR) is 66.5 cm³/mol. The van der Waals surface area contributed by atoms with Crippen LogP contribution in [0.4, 0.5) is 0 Å². The molecule has 16 heavy (non-hydrogen) atoms. The van der Waals surface area contributed by atoms with Gasteiger partial charge in [0, 0.05) is 19.2 Å². The van der Waals surface area contributed by atoms with Crippen molar-refractivity contribution < 1.29 is 5.11 Å². The number of aliphatic hydroxyl groups excluding tert-OH is 1. The van der Waals surface area contributed by atoms with Gasteiger partial charge < -0.3 is 15.3 Å². The molecule has 1 aliphatic carbocycles. The van der Waals surface area contributed by atoms with Gasteiger partial charge in [-0.1, -0.05) is 6.92 Å². The molecule has 0 spiro atoms. The fraction of sp³-hybridized carbons (Fsp3) is 1.00. The molecule has 2 rings (SSSR count). The average Bonchev–Trinajstić information content (AvgIpc) is 3.08. The Morgan fingerprint density at radius 3 is 2.50 bits per heavy atom. The zero-order chi connectivity index (χ0) is 11.4. The maximum absolute atomic E-state index is 9.01. The molecule has 3 nitrogen and oxygen atoms in total. The number of hydrogen-bond acceptors (Lipinski definition) is 3. The minimum atomic E-state index is 0.357. The Morgan fingerprint density at radius 1 is 1.31 bits per heavy atom. The van der Waals surface area contributed by atoms with Crippen molar-refractivity contribution in [1.29, 1.82) is 0 Å². The highest BCUT2D eigenvalue weighted by Gasteiger charge is 2.41. The zero-order valence-corrected chi connectivity index (χ0v) is 10.5. The van der Waals surface area contributed by atoms with Gasteiger partial charge in [0.15, 0.2) is 0 Å². The molecular weight excluding hydrogens is 200 g/mol. The van der Waals surface area contributed by atoms with Crippen molar-refractivity contribution in [1.82, 2.24) is 10.2 Å². The highest BCUT2D eigenvalue weighted by Crippen LogP contribution is 2.48. The minimum Gasteiger partial charge on any atom is -0.396 e. The molecule has 94 valence electrons. The van der Waals surface area contributed by atoms with E-state index < -0.39 is 0 Å². The van der Waals surface area contributed by atoms with Crippen molar-refractivity contribution >= 4 is 0 Å². The molecule has 0 aromatic carbocycles. The van der Waals surface area contributed by atoms with Crippen molar-refractivity contribution in [2.24, 2.45) is 5.41 Å². The van der Waals surface area contributed by atoms with Crippen molar-refractivity contribution in [3.05, 3.63) is 0 Å². The lowest BCUT2D eigenvalue weighted by molar-refractivity contribution is 0.194. The summed E-state index contributed by atoms with van der Waals surface area (Å²) in [4.78, 5) is 2.53. The first-order valence-corrected chi connectivity index (χ1v) is 6.84. The number of hydrogen-bond donors (Lipinski definition) is 2. The second-order valence-corrected chi connectivity index (χ2v) is 5.56. The van der Waals surface area contributed by atoms with Crippen LogP contribution >= 0.6 is 0 Å². The fourth-order valence-corrected chi connectivity index (χ4v) is 2.74. The summed E-state index contributed by atoms with van der Waals surface area (Å²) >= 11 is 0. The third-order valence-corrected chi connectivity index (χ3v) is 4.40. The SMILES string of the molecule is CCN1CCC(NCC2(CCO)CC2)CC1. The number of rotatable bonds is 6. The van der Waals surface area contributed by atoms with Gasteiger partial charge in [-0.25, -0.2) is 0 Å². The molecule has 1 heterocycles. The van der Waals surface area contributed by atoms with E-state index in [-0.39, 0.29) is 0 Å². The lowest BCUT2D eigenvalue weighted by Crippen LogP contribution is -2.44. The van der Waals surface area contributed by atoms with E-state index in [1.165, 1.54) is 45.3 Å². The molecule has 2 aliphatic rings. The van der Waals surface area contributed by atoms with Crippen LogP contribution in [0.2, 0.25) is 0 Å². The molecular formula is C13H26N2O. The van der Waals surface area contributed by atoms with E-state index in [4.69, 9.17) is 5.11 Å². The van der Waals surface area contributed by atoms with Crippen LogP contribution in [0.25, 0.3) is 0 Å². The number of piperidine rings is 1. The van der Waals surface area contributed by atoms with Crippen molar-refractivity contribution in [2.75, 3.05) is 32.8 Å². The topological polar surface area (TPSA) is 35.5 Å². The van der Waals surface area contributed by atoms with Crippen LogP contribution in [0, 0.1) is 5.41 Å². The molecule has 0 aromatic heterocycles. The average molecular weight is 226 g/mol. The van der Waals surface area contributed by atoms with Crippen LogP contribution in [0.1, 0.15) is 39.0 Å². The summed E-state index contributed by atoms with van der Waals surface area (Å²) in [5.41, 5.74) is 0.469. The van der Waals surface area contributed by atoms with Gasteiger partial charge in [-0.05, 0) is 57.2 Å². The summed E-state index contributed by atoms with van der Waals surface area (Å²) in [6, 6.07) is 0.721. The summed E-state index contributed by atoms with van der Waals surface area (Å²) in [5.74, 6) is 0. The van der Waals surface area contributed by atoms with E-state index in [1.54, 1.807) is 0 Å². The second-order valence-electron chi connectivity index (χ2n) is 5.56. The molecule has 3 heteroatoms. The molecule has 0 amide bonds. The van der Waals surface area contributed by atoms with Crippen molar-refractivity contribution in [2.45, 2.75) is 45.1 Å². The Labute approximate surface area is 99.2 Å². The van der Waals surface area contributed by atoms with Gasteiger partial charge in [0.25, 0.3) is 0 Å². The Kier molecular flexibility index (Phi) is 4.22. The number of likely N-dealkylation sites (tertiary alicyclic amines) is 1. The van der Waals surface area contributed by atoms with Crippen LogP contribution < -0.4 is 5.32 Å². The third kappa shape index (κ3) is 3.19. The maximum Gasteiger partial charge on any atom is 0.0436 e. The fourth-order valence-electron chi connectivity index (χ4n) is 2.74. The predicted octanol–water partition coefficient (Wildman–Crippen LogP) is 1.22. The molecule has 0 bridgehead atoms. The lowest BCUT2D eigenvalue weighted by Gasteiger charge is -2.32. The van der Waals surface area contributed by atoms with Gasteiger partial charge in [-0.2, -0.15) is 0 Å². The number of aliphatic hydroxyl groups is 1. The highest BCUT2D eigenvalue weighted by molar-refractivity contribution is 4.95. The van der Waals surface area contributed by atoms with Gasteiger partial charge >= 0.3 is 0 Å². The zero-order valence-electron chi connectivity index (χ0n) is 10.5. The largest absolute Gasteiger partial charge is 0.396 e. The quantitative estimate of drug-likeness (QED) is 0.715. The summed E-state index contributed by atoms with van der Waals surface area (Å²) in [7, 11) is 0. The van der Waals surface area contributed by atoms with E-state index in [9.17, 15) is 0 Å². The van der Waals surface area contributed by atoms with Gasteiger partial charge in [-0.15, -0.1) is 0 Å². The van der Waals surface area contributed by atoms with Crippen molar-refractivity contribution in [3.63, 3.8) is 0 Å². The van der Waals surface area contributed by atoms with Crippen LogP contribution in [0.15, 0.2) is 0 Å². The molecule has 2 N–H and O–H groups in total. The van der Waals surface area contributed by atoms with E-state index in [2.05, 4.69) is 17.1 Å². The first kappa shape index (κ1) is 12.3. The molecule has 0 unspecified atom stereocenters. The standard InChI is InChI=1S/C13H26N2O/c1-2-15-8-3-12(4-9-15)14-11-13(5-6-13)7-10-16/h12,14,16H,2-11H2,1H3. The summed E-state index contributed by atoms with van der Waals surface area (Å²) in [6.07, 6.45) is 6.21. The smallest absolute Gasteiger partial charge is 0.0436 e. The lowest BCUT2D eigenvalue weighted by atomic mass is 10.00. The first-order chi connectivity index (χ1) is 7.78. The number of nitrogens with zero attached hydrogens (tertiary/aromatic N) is 1. The molecule has 0 atom stereocenters. The summed E-state index contributed by atoms with van der Waals surface area (Å²) in [6.45, 7) is 7.43. The van der Waals surface area contributed by atoms with Crippen LogP contribution in [0.3, 0.4) is 0 Å². The highest BCUT2D eigenvalue weighted by atomic mass is 16.3. The molecule has 0 radical (unpaired) electrons. The molecule has 0 aromatic rings. The normalized spacial score (nSPS) is 25.9. The third-order valence-electron chi connectivity index (χ3n) is 4.40. The molecule has 1 saturated heterocycles. The Balaban J connectivity index is 1.64. The Morgan fingerprint density at radius 2 is 2.00 bits per heavy atom. The van der Waals surface area contributed by atoms with Gasteiger partial charge in [0.05, 0.1) is 0 Å². The Hall–Kier alpha value is -0.120. The van der Waals surface area contributed by atoms with E-state index in [0.717, 1.165) is 19.0 Å². The Bertz CT molecular complexity index is 208. The molecule has 2 fully saturated rings. The van der Waals surface area contributed by atoms with E-state index >= 15 is 0 Å². The minimum absolute atomic E-state index is 0.357. The molecule has 1 aliphatic heterocycles. The van der Waals surface area contributed by atoms with Gasteiger partial charge in [0.2, 0.25) is 0 Å². The summed E-state index contributed by atoms with van der Waals surface area (Å²) < 4.78 is 0. The van der Waals surface area contributed by atoms with Crippen molar-refractivity contribution in [3.8, 4) is 0 Å².